The van der Waals surface area contributed by atoms with Gasteiger partial charge in [-0.05, 0) is 56.0 Å². The molecule has 0 N–H and O–H groups in total. The van der Waals surface area contributed by atoms with Crippen molar-refractivity contribution in [2.75, 3.05) is 7.11 Å². The van der Waals surface area contributed by atoms with E-state index < -0.39 is 0 Å². The van der Waals surface area contributed by atoms with E-state index in [0.29, 0.717) is 12.2 Å². The van der Waals surface area contributed by atoms with Crippen LogP contribution in [-0.4, -0.2) is 13.2 Å². The number of aryl methyl sites for hydroxylation is 1. The summed E-state index contributed by atoms with van der Waals surface area (Å²) < 4.78 is 10.9. The van der Waals surface area contributed by atoms with Gasteiger partial charge < -0.3 is 9.47 Å². The average molecular weight is 206 g/mol. The third kappa shape index (κ3) is 1.63. The van der Waals surface area contributed by atoms with Gasteiger partial charge in [-0.25, -0.2) is 0 Å². The molecule has 0 spiro atoms. The van der Waals surface area contributed by atoms with Crippen molar-refractivity contribution in [3.63, 3.8) is 0 Å². The van der Waals surface area contributed by atoms with E-state index in [4.69, 9.17) is 9.47 Å². The fourth-order valence-electron chi connectivity index (χ4n) is 2.21. The molecule has 1 heterocycles. The second-order valence-corrected chi connectivity index (χ2v) is 4.33. The SMILES string of the molecule is COc1c(C)cc(C2OC2C)c(C)c1C. The fourth-order valence-corrected chi connectivity index (χ4v) is 2.21. The summed E-state index contributed by atoms with van der Waals surface area (Å²) in [4.78, 5) is 0. The lowest BCUT2D eigenvalue weighted by Gasteiger charge is -2.14. The zero-order valence-electron chi connectivity index (χ0n) is 10.0. The summed E-state index contributed by atoms with van der Waals surface area (Å²) in [6.07, 6.45) is 0.671. The van der Waals surface area contributed by atoms with Crippen LogP contribution >= 0.6 is 0 Å². The molecule has 1 aromatic rings. The van der Waals surface area contributed by atoms with Crippen molar-refractivity contribution in [2.24, 2.45) is 0 Å². The molecule has 0 radical (unpaired) electrons. The number of methoxy groups -OCH3 is 1. The normalized spacial score (nSPS) is 24.1. The maximum absolute atomic E-state index is 5.53. The van der Waals surface area contributed by atoms with Crippen molar-refractivity contribution in [1.29, 1.82) is 0 Å². The van der Waals surface area contributed by atoms with Crippen molar-refractivity contribution < 1.29 is 9.47 Å². The van der Waals surface area contributed by atoms with Crippen molar-refractivity contribution >= 4 is 0 Å². The first-order valence-corrected chi connectivity index (χ1v) is 5.36. The summed E-state index contributed by atoms with van der Waals surface area (Å²) in [5.74, 6) is 1.00. The van der Waals surface area contributed by atoms with Crippen LogP contribution in [0, 0.1) is 20.8 Å². The van der Waals surface area contributed by atoms with Crippen molar-refractivity contribution in [3.8, 4) is 5.75 Å². The Morgan fingerprint density at radius 1 is 1.20 bits per heavy atom. The van der Waals surface area contributed by atoms with Crippen molar-refractivity contribution in [1.82, 2.24) is 0 Å². The van der Waals surface area contributed by atoms with E-state index in [1.165, 1.54) is 22.3 Å². The first-order chi connectivity index (χ1) is 7.06. The lowest BCUT2D eigenvalue weighted by atomic mass is 9.96. The van der Waals surface area contributed by atoms with Crippen LogP contribution in [-0.2, 0) is 4.74 Å². The highest BCUT2D eigenvalue weighted by Gasteiger charge is 2.37. The second kappa shape index (κ2) is 3.53. The number of epoxide rings is 1. The molecule has 0 amide bonds. The van der Waals surface area contributed by atoms with Crippen LogP contribution in [0.15, 0.2) is 6.07 Å². The van der Waals surface area contributed by atoms with E-state index in [1.807, 2.05) is 0 Å². The van der Waals surface area contributed by atoms with Crippen molar-refractivity contribution in [3.05, 3.63) is 28.3 Å². The smallest absolute Gasteiger partial charge is 0.124 e. The zero-order valence-corrected chi connectivity index (χ0v) is 10.0. The maximum Gasteiger partial charge on any atom is 0.124 e. The molecule has 0 bridgehead atoms. The zero-order chi connectivity index (χ0) is 11.2. The highest BCUT2D eigenvalue weighted by atomic mass is 16.6. The van der Waals surface area contributed by atoms with Crippen molar-refractivity contribution in [2.45, 2.75) is 39.9 Å². The molecule has 2 rings (SSSR count). The van der Waals surface area contributed by atoms with Crippen LogP contribution in [0.4, 0.5) is 0 Å². The molecule has 2 unspecified atom stereocenters. The second-order valence-electron chi connectivity index (χ2n) is 4.33. The third-order valence-corrected chi connectivity index (χ3v) is 3.29. The van der Waals surface area contributed by atoms with Gasteiger partial charge in [0.15, 0.2) is 0 Å². The lowest BCUT2D eigenvalue weighted by Crippen LogP contribution is -1.99. The molecule has 15 heavy (non-hydrogen) atoms. The standard InChI is InChI=1S/C13H18O2/c1-7-6-11(13-10(4)15-13)8(2)9(3)12(7)14-5/h6,10,13H,1-5H3. The molecule has 2 nitrogen and oxygen atoms in total. The topological polar surface area (TPSA) is 21.8 Å². The molecule has 1 fully saturated rings. The summed E-state index contributed by atoms with van der Waals surface area (Å²) in [6.45, 7) is 8.44. The molecular weight excluding hydrogens is 188 g/mol. The first-order valence-electron chi connectivity index (χ1n) is 5.36. The Hall–Kier alpha value is -1.02. The number of rotatable bonds is 2. The molecule has 82 valence electrons. The molecule has 1 aromatic carbocycles. The van der Waals surface area contributed by atoms with Gasteiger partial charge in [0.25, 0.3) is 0 Å². The Bertz CT molecular complexity index is 396. The highest BCUT2D eigenvalue weighted by Crippen LogP contribution is 2.42. The van der Waals surface area contributed by atoms with Gasteiger partial charge in [0.1, 0.15) is 11.9 Å². The van der Waals surface area contributed by atoms with E-state index in [2.05, 4.69) is 33.8 Å². The Labute approximate surface area is 91.2 Å². The molecule has 2 atom stereocenters. The quantitative estimate of drug-likeness (QED) is 0.694. The van der Waals surface area contributed by atoms with Crippen LogP contribution in [0.2, 0.25) is 0 Å². The van der Waals surface area contributed by atoms with Gasteiger partial charge in [-0.1, -0.05) is 0 Å². The molecule has 1 aliphatic rings. The minimum Gasteiger partial charge on any atom is -0.496 e. The number of hydrogen-bond donors (Lipinski definition) is 0. The largest absolute Gasteiger partial charge is 0.496 e. The first kappa shape index (κ1) is 10.5. The number of benzene rings is 1. The molecule has 0 saturated carbocycles. The van der Waals surface area contributed by atoms with Gasteiger partial charge in [0, 0.05) is 0 Å². The third-order valence-electron chi connectivity index (χ3n) is 3.29. The Morgan fingerprint density at radius 3 is 2.27 bits per heavy atom. The molecule has 1 saturated heterocycles. The van der Waals surface area contributed by atoms with Gasteiger partial charge in [-0.3, -0.25) is 0 Å². The summed E-state index contributed by atoms with van der Waals surface area (Å²) >= 11 is 0. The number of hydrogen-bond acceptors (Lipinski definition) is 2. The minimum atomic E-state index is 0.299. The van der Waals surface area contributed by atoms with E-state index in [1.54, 1.807) is 7.11 Å². The van der Waals surface area contributed by atoms with Gasteiger partial charge >= 0.3 is 0 Å². The summed E-state index contributed by atoms with van der Waals surface area (Å²) in [5, 5.41) is 0. The Kier molecular flexibility index (Phi) is 2.47. The summed E-state index contributed by atoms with van der Waals surface area (Å²) in [5.41, 5.74) is 5.04. The van der Waals surface area contributed by atoms with E-state index >= 15 is 0 Å². The fraction of sp³-hybridized carbons (Fsp3) is 0.538. The molecular formula is C13H18O2. The minimum absolute atomic E-state index is 0.299. The molecule has 2 heteroatoms. The molecule has 1 aliphatic heterocycles. The predicted molar refractivity (Wildman–Crippen MR) is 60.5 cm³/mol. The predicted octanol–water partition coefficient (Wildman–Crippen LogP) is 3.08. The monoisotopic (exact) mass is 206 g/mol. The highest BCUT2D eigenvalue weighted by molar-refractivity contribution is 5.50. The molecule has 0 aromatic heterocycles. The van der Waals surface area contributed by atoms with Gasteiger partial charge in [-0.15, -0.1) is 0 Å². The van der Waals surface area contributed by atoms with Gasteiger partial charge in [0.05, 0.1) is 13.2 Å². The van der Waals surface area contributed by atoms with E-state index in [-0.39, 0.29) is 0 Å². The van der Waals surface area contributed by atoms with Gasteiger partial charge in [-0.2, -0.15) is 0 Å². The van der Waals surface area contributed by atoms with Gasteiger partial charge in [0.2, 0.25) is 0 Å². The summed E-state index contributed by atoms with van der Waals surface area (Å²) in [6, 6.07) is 2.19. The van der Waals surface area contributed by atoms with Crippen LogP contribution in [0.25, 0.3) is 0 Å². The van der Waals surface area contributed by atoms with Crippen LogP contribution in [0.1, 0.15) is 35.3 Å². The lowest BCUT2D eigenvalue weighted by molar-refractivity contribution is 0.381. The maximum atomic E-state index is 5.53. The molecule has 0 aliphatic carbocycles. The average Bonchev–Trinajstić information content (AvgIpc) is 2.90. The van der Waals surface area contributed by atoms with E-state index in [0.717, 1.165) is 5.75 Å². The van der Waals surface area contributed by atoms with Crippen LogP contribution in [0.3, 0.4) is 0 Å². The Balaban J connectivity index is 2.50. The Morgan fingerprint density at radius 2 is 1.80 bits per heavy atom. The summed E-state index contributed by atoms with van der Waals surface area (Å²) in [7, 11) is 1.73. The van der Waals surface area contributed by atoms with Crippen LogP contribution in [0.5, 0.6) is 5.75 Å². The number of ether oxygens (including phenoxy) is 2. The van der Waals surface area contributed by atoms with E-state index in [9.17, 15) is 0 Å². The van der Waals surface area contributed by atoms with Crippen LogP contribution < -0.4 is 4.74 Å².